The molecule has 5 heteroatoms. The average Bonchev–Trinajstić information content (AvgIpc) is 2.92. The molecule has 0 aliphatic carbocycles. The van der Waals surface area contributed by atoms with Crippen LogP contribution in [0.4, 0.5) is 5.82 Å². The summed E-state index contributed by atoms with van der Waals surface area (Å²) in [6, 6.07) is 1.95. The Kier molecular flexibility index (Phi) is 4.92. The van der Waals surface area contributed by atoms with Gasteiger partial charge < -0.3 is 14.6 Å². The number of hydrogen-bond acceptors (Lipinski definition) is 5. The summed E-state index contributed by atoms with van der Waals surface area (Å²) >= 11 is 0. The highest BCUT2D eigenvalue weighted by molar-refractivity contribution is 5.36. The lowest BCUT2D eigenvalue weighted by molar-refractivity contribution is 0.563. The van der Waals surface area contributed by atoms with E-state index in [2.05, 4.69) is 27.1 Å². The van der Waals surface area contributed by atoms with Gasteiger partial charge in [-0.3, -0.25) is 4.98 Å². The van der Waals surface area contributed by atoms with Gasteiger partial charge in [0.05, 0.1) is 24.4 Å². The van der Waals surface area contributed by atoms with Crippen molar-refractivity contribution in [2.24, 2.45) is 0 Å². The second-order valence-corrected chi connectivity index (χ2v) is 4.53. The topological polar surface area (TPSA) is 54.2 Å². The first-order valence-electron chi connectivity index (χ1n) is 6.53. The fourth-order valence-electron chi connectivity index (χ4n) is 1.79. The van der Waals surface area contributed by atoms with Crippen molar-refractivity contribution in [1.82, 2.24) is 15.3 Å². The van der Waals surface area contributed by atoms with Crippen LogP contribution in [0.15, 0.2) is 35.4 Å². The van der Waals surface area contributed by atoms with E-state index in [0.717, 1.165) is 43.1 Å². The van der Waals surface area contributed by atoms with E-state index < -0.39 is 0 Å². The summed E-state index contributed by atoms with van der Waals surface area (Å²) in [7, 11) is 2.00. The molecule has 0 fully saturated rings. The van der Waals surface area contributed by atoms with Gasteiger partial charge >= 0.3 is 0 Å². The van der Waals surface area contributed by atoms with E-state index in [4.69, 9.17) is 4.42 Å². The van der Waals surface area contributed by atoms with E-state index >= 15 is 0 Å². The number of aromatic nitrogens is 2. The molecule has 5 nitrogen and oxygen atoms in total. The third-order valence-corrected chi connectivity index (χ3v) is 2.80. The molecule has 0 saturated heterocycles. The van der Waals surface area contributed by atoms with Gasteiger partial charge in [-0.25, -0.2) is 4.98 Å². The van der Waals surface area contributed by atoms with Gasteiger partial charge in [-0.05, 0) is 19.0 Å². The summed E-state index contributed by atoms with van der Waals surface area (Å²) in [5.41, 5.74) is 2.09. The van der Waals surface area contributed by atoms with E-state index in [9.17, 15) is 0 Å². The first-order chi connectivity index (χ1) is 9.29. The Morgan fingerprint density at radius 2 is 2.26 bits per heavy atom. The highest BCUT2D eigenvalue weighted by Crippen LogP contribution is 2.12. The van der Waals surface area contributed by atoms with E-state index in [1.807, 2.05) is 13.1 Å². The van der Waals surface area contributed by atoms with Crippen LogP contribution in [0.5, 0.6) is 0 Å². The molecular formula is C14H20N4O. The molecule has 0 aliphatic rings. The van der Waals surface area contributed by atoms with E-state index in [0.29, 0.717) is 0 Å². The van der Waals surface area contributed by atoms with Crippen molar-refractivity contribution >= 4 is 5.82 Å². The maximum atomic E-state index is 5.07. The van der Waals surface area contributed by atoms with Crippen LogP contribution >= 0.6 is 0 Å². The summed E-state index contributed by atoms with van der Waals surface area (Å²) in [4.78, 5) is 10.9. The average molecular weight is 260 g/mol. The first-order valence-corrected chi connectivity index (χ1v) is 6.53. The lowest BCUT2D eigenvalue weighted by atomic mass is 10.3. The minimum Gasteiger partial charge on any atom is -0.472 e. The third-order valence-electron chi connectivity index (χ3n) is 2.80. The molecule has 1 N–H and O–H groups in total. The Balaban J connectivity index is 1.97. The number of rotatable bonds is 7. The molecule has 0 amide bonds. The van der Waals surface area contributed by atoms with E-state index in [1.165, 1.54) is 0 Å². The second-order valence-electron chi connectivity index (χ2n) is 4.53. The number of hydrogen-bond donors (Lipinski definition) is 1. The maximum absolute atomic E-state index is 5.07. The van der Waals surface area contributed by atoms with Crippen molar-refractivity contribution in [3.63, 3.8) is 0 Å². The number of nitrogens with one attached hydrogen (secondary N) is 1. The van der Waals surface area contributed by atoms with Crippen LogP contribution in [0.3, 0.4) is 0 Å². The maximum Gasteiger partial charge on any atom is 0.147 e. The molecular weight excluding hydrogens is 240 g/mol. The molecule has 2 heterocycles. The highest BCUT2D eigenvalue weighted by atomic mass is 16.3. The summed E-state index contributed by atoms with van der Waals surface area (Å²) < 4.78 is 5.07. The van der Waals surface area contributed by atoms with Gasteiger partial charge in [0.2, 0.25) is 0 Å². The molecule has 0 aromatic carbocycles. The lowest BCUT2D eigenvalue weighted by Crippen LogP contribution is -2.20. The highest BCUT2D eigenvalue weighted by Gasteiger charge is 2.06. The minimum absolute atomic E-state index is 0.758. The van der Waals surface area contributed by atoms with E-state index in [1.54, 1.807) is 24.9 Å². The van der Waals surface area contributed by atoms with Gasteiger partial charge in [-0.2, -0.15) is 0 Å². The number of anilines is 1. The first kappa shape index (κ1) is 13.5. The van der Waals surface area contributed by atoms with Gasteiger partial charge in [0.25, 0.3) is 0 Å². The van der Waals surface area contributed by atoms with Gasteiger partial charge in [-0.15, -0.1) is 0 Å². The molecule has 19 heavy (non-hydrogen) atoms. The van der Waals surface area contributed by atoms with Crippen LogP contribution < -0.4 is 10.2 Å². The molecule has 0 spiro atoms. The van der Waals surface area contributed by atoms with Gasteiger partial charge in [0.15, 0.2) is 0 Å². The SMILES string of the molecule is CCCNCc1cncc(N(C)Cc2ccoc2)n1. The minimum atomic E-state index is 0.758. The van der Waals surface area contributed by atoms with Gasteiger partial charge in [0.1, 0.15) is 5.82 Å². The van der Waals surface area contributed by atoms with Crippen LogP contribution in [0, 0.1) is 0 Å². The molecule has 2 aromatic heterocycles. The second kappa shape index (κ2) is 6.89. The fraction of sp³-hybridized carbons (Fsp3) is 0.429. The van der Waals surface area contributed by atoms with Crippen LogP contribution in [0.1, 0.15) is 24.6 Å². The van der Waals surface area contributed by atoms with Crippen LogP contribution in [0.25, 0.3) is 0 Å². The zero-order valence-electron chi connectivity index (χ0n) is 11.5. The predicted octanol–water partition coefficient (Wildman–Crippen LogP) is 2.21. The quantitative estimate of drug-likeness (QED) is 0.773. The summed E-state index contributed by atoms with van der Waals surface area (Å²) in [5.74, 6) is 0.872. The van der Waals surface area contributed by atoms with E-state index in [-0.39, 0.29) is 0 Å². The summed E-state index contributed by atoms with van der Waals surface area (Å²) in [6.45, 7) is 4.66. The Morgan fingerprint density at radius 3 is 3.00 bits per heavy atom. The Hall–Kier alpha value is -1.88. The van der Waals surface area contributed by atoms with Crippen molar-refractivity contribution in [3.05, 3.63) is 42.2 Å². The molecule has 0 saturated carbocycles. The fourth-order valence-corrected chi connectivity index (χ4v) is 1.79. The van der Waals surface area contributed by atoms with Crippen molar-refractivity contribution < 1.29 is 4.42 Å². The molecule has 102 valence electrons. The zero-order valence-corrected chi connectivity index (χ0v) is 11.5. The summed E-state index contributed by atoms with van der Waals surface area (Å²) in [6.07, 6.45) is 8.13. The molecule has 0 bridgehead atoms. The predicted molar refractivity (Wildman–Crippen MR) is 74.8 cm³/mol. The molecule has 2 aromatic rings. The third kappa shape index (κ3) is 4.06. The number of furan rings is 1. The molecule has 2 rings (SSSR count). The molecule has 0 radical (unpaired) electrons. The normalized spacial score (nSPS) is 10.6. The Bertz CT molecular complexity index is 484. The standard InChI is InChI=1S/C14H20N4O/c1-3-5-15-7-13-8-16-9-14(17-13)18(2)10-12-4-6-19-11-12/h4,6,8-9,11,15H,3,5,7,10H2,1-2H3. The number of nitrogens with zero attached hydrogens (tertiary/aromatic N) is 3. The smallest absolute Gasteiger partial charge is 0.147 e. The van der Waals surface area contributed by atoms with Crippen LogP contribution in [-0.2, 0) is 13.1 Å². The van der Waals surface area contributed by atoms with Crippen LogP contribution in [0.2, 0.25) is 0 Å². The Morgan fingerprint density at radius 1 is 1.37 bits per heavy atom. The van der Waals surface area contributed by atoms with Crippen molar-refractivity contribution in [3.8, 4) is 0 Å². The zero-order chi connectivity index (χ0) is 13.5. The summed E-state index contributed by atoms with van der Waals surface area (Å²) in [5, 5.41) is 3.33. The van der Waals surface area contributed by atoms with Crippen molar-refractivity contribution in [2.75, 3.05) is 18.5 Å². The lowest BCUT2D eigenvalue weighted by Gasteiger charge is -2.17. The monoisotopic (exact) mass is 260 g/mol. The van der Waals surface area contributed by atoms with Crippen LogP contribution in [-0.4, -0.2) is 23.6 Å². The molecule has 0 atom stereocenters. The van der Waals surface area contributed by atoms with Gasteiger partial charge in [0, 0.05) is 31.9 Å². The molecule has 0 unspecified atom stereocenters. The largest absolute Gasteiger partial charge is 0.472 e. The van der Waals surface area contributed by atoms with Gasteiger partial charge in [-0.1, -0.05) is 6.92 Å². The molecule has 0 aliphatic heterocycles. The van der Waals surface area contributed by atoms with Crippen molar-refractivity contribution in [1.29, 1.82) is 0 Å². The van der Waals surface area contributed by atoms with Crippen molar-refractivity contribution in [2.45, 2.75) is 26.4 Å². The Labute approximate surface area is 113 Å².